The van der Waals surface area contributed by atoms with E-state index in [0.29, 0.717) is 5.56 Å². The highest BCUT2D eigenvalue weighted by Gasteiger charge is 1.93. The van der Waals surface area contributed by atoms with E-state index < -0.39 is 0 Å². The van der Waals surface area contributed by atoms with Crippen LogP contribution in [0.2, 0.25) is 0 Å². The van der Waals surface area contributed by atoms with Crippen molar-refractivity contribution in [3.8, 4) is 11.5 Å². The molecule has 1 aromatic rings. The number of carbonyl (C=O) groups is 1. The van der Waals surface area contributed by atoms with Crippen LogP contribution >= 0.6 is 0 Å². The fourth-order valence-corrected chi connectivity index (χ4v) is 0.860. The van der Waals surface area contributed by atoms with Crippen LogP contribution < -0.4 is 0 Å². The van der Waals surface area contributed by atoms with Crippen molar-refractivity contribution in [1.29, 1.82) is 0 Å². The normalized spacial score (nSPS) is 12.5. The van der Waals surface area contributed by atoms with Gasteiger partial charge in [0.15, 0.2) is 0 Å². The number of aryl methyl sites for hydroxylation is 1. The number of aromatic hydroxyl groups is 2. The van der Waals surface area contributed by atoms with Crippen molar-refractivity contribution in [2.24, 2.45) is 10.2 Å². The maximum absolute atomic E-state index is 9.90. The number of phenolic OH excluding ortho intramolecular Hbond substituents is 2. The molecule has 2 N–H and O–H groups in total. The Balaban J connectivity index is 0.000000162. The third-order valence-electron chi connectivity index (χ3n) is 1.62. The quantitative estimate of drug-likeness (QED) is 0.636. The minimum absolute atomic E-state index is 0.185. The Morgan fingerprint density at radius 2 is 2.00 bits per heavy atom. The molecule has 5 heteroatoms. The summed E-state index contributed by atoms with van der Waals surface area (Å²) in [7, 11) is 0. The number of amides is 1. The summed E-state index contributed by atoms with van der Waals surface area (Å²) in [6.07, 6.45) is 2.67. The molecule has 0 bridgehead atoms. The van der Waals surface area contributed by atoms with Crippen LogP contribution in [0.1, 0.15) is 5.56 Å². The van der Waals surface area contributed by atoms with E-state index in [1.807, 2.05) is 0 Å². The maximum Gasteiger partial charge on any atom is 0.289 e. The van der Waals surface area contributed by atoms with Gasteiger partial charge in [-0.15, -0.1) is 5.11 Å². The molecule has 78 valence electrons. The molecular weight excluding hydrogens is 196 g/mol. The van der Waals surface area contributed by atoms with Gasteiger partial charge in [-0.2, -0.15) is 5.11 Å². The molecular formula is C10H10N2O3. The molecule has 1 amide bonds. The van der Waals surface area contributed by atoms with Crippen molar-refractivity contribution >= 4 is 5.91 Å². The first-order valence-electron chi connectivity index (χ1n) is 4.19. The summed E-state index contributed by atoms with van der Waals surface area (Å²) >= 11 is 0. The highest BCUT2D eigenvalue weighted by atomic mass is 16.3. The third kappa shape index (κ3) is 3.60. The van der Waals surface area contributed by atoms with Crippen molar-refractivity contribution < 1.29 is 15.0 Å². The zero-order valence-corrected chi connectivity index (χ0v) is 8.08. The largest absolute Gasteiger partial charge is 0.508 e. The van der Waals surface area contributed by atoms with E-state index in [0.717, 1.165) is 0 Å². The monoisotopic (exact) mass is 206 g/mol. The van der Waals surface area contributed by atoms with Gasteiger partial charge in [-0.25, -0.2) is 0 Å². The van der Waals surface area contributed by atoms with Crippen LogP contribution in [0.15, 0.2) is 40.7 Å². The number of carbonyl (C=O) groups excluding carboxylic acids is 1. The molecule has 5 nitrogen and oxygen atoms in total. The molecule has 0 radical (unpaired) electrons. The van der Waals surface area contributed by atoms with E-state index in [2.05, 4.69) is 10.2 Å². The molecule has 1 aliphatic rings. The summed E-state index contributed by atoms with van der Waals surface area (Å²) in [5, 5.41) is 24.1. The lowest BCUT2D eigenvalue weighted by molar-refractivity contribution is -0.113. The topological polar surface area (TPSA) is 82.2 Å². The minimum Gasteiger partial charge on any atom is -0.508 e. The standard InChI is InChI=1S/C7H8O2.C3H2N2O/c1-5-4-6(8)2-3-7(5)9;6-3-1-2-4-5-3/h2-4,8-9H,1H3;1-2H. The van der Waals surface area contributed by atoms with Gasteiger partial charge in [0.1, 0.15) is 11.5 Å². The first-order chi connectivity index (χ1) is 7.09. The van der Waals surface area contributed by atoms with Crippen LogP contribution in [0.25, 0.3) is 0 Å². The molecule has 15 heavy (non-hydrogen) atoms. The van der Waals surface area contributed by atoms with Gasteiger partial charge in [0.25, 0.3) is 5.91 Å². The highest BCUT2D eigenvalue weighted by Crippen LogP contribution is 2.19. The van der Waals surface area contributed by atoms with Crippen LogP contribution in [-0.2, 0) is 4.79 Å². The lowest BCUT2D eigenvalue weighted by Gasteiger charge is -1.96. The first kappa shape index (κ1) is 10.9. The van der Waals surface area contributed by atoms with Crippen LogP contribution in [0.4, 0.5) is 0 Å². The number of phenols is 2. The Kier molecular flexibility index (Phi) is 3.56. The number of hydrogen-bond donors (Lipinski definition) is 2. The van der Waals surface area contributed by atoms with Crippen molar-refractivity contribution in [1.82, 2.24) is 0 Å². The van der Waals surface area contributed by atoms with Crippen molar-refractivity contribution in [3.05, 3.63) is 36.0 Å². The zero-order valence-electron chi connectivity index (χ0n) is 8.08. The van der Waals surface area contributed by atoms with E-state index in [1.165, 1.54) is 30.5 Å². The van der Waals surface area contributed by atoms with E-state index in [-0.39, 0.29) is 17.4 Å². The van der Waals surface area contributed by atoms with Gasteiger partial charge in [-0.05, 0) is 30.7 Å². The number of rotatable bonds is 0. The molecule has 1 aromatic carbocycles. The molecule has 2 rings (SSSR count). The smallest absolute Gasteiger partial charge is 0.289 e. The summed E-state index contributed by atoms with van der Waals surface area (Å²) in [5.74, 6) is 0.133. The molecule has 0 saturated heterocycles. The molecule has 0 atom stereocenters. The number of azo groups is 1. The Bertz CT molecular complexity index is 411. The Hall–Kier alpha value is -2.17. The van der Waals surface area contributed by atoms with Crippen LogP contribution in [-0.4, -0.2) is 16.1 Å². The van der Waals surface area contributed by atoms with Crippen molar-refractivity contribution in [2.75, 3.05) is 0 Å². The number of benzene rings is 1. The summed E-state index contributed by atoms with van der Waals surface area (Å²) in [5.41, 5.74) is 0.690. The molecule has 0 unspecified atom stereocenters. The fraction of sp³-hybridized carbons (Fsp3) is 0.100. The molecule has 0 saturated carbocycles. The number of nitrogens with zero attached hydrogens (tertiary/aromatic N) is 2. The molecule has 1 heterocycles. The van der Waals surface area contributed by atoms with E-state index in [4.69, 9.17) is 10.2 Å². The molecule has 0 spiro atoms. The number of hydrogen-bond acceptors (Lipinski definition) is 4. The fourth-order valence-electron chi connectivity index (χ4n) is 0.860. The first-order valence-corrected chi connectivity index (χ1v) is 4.19. The second-order valence-electron chi connectivity index (χ2n) is 2.84. The van der Waals surface area contributed by atoms with Crippen LogP contribution in [0.3, 0.4) is 0 Å². The average molecular weight is 206 g/mol. The van der Waals surface area contributed by atoms with Crippen molar-refractivity contribution in [2.45, 2.75) is 6.92 Å². The van der Waals surface area contributed by atoms with Gasteiger partial charge in [0.2, 0.25) is 0 Å². The summed E-state index contributed by atoms with van der Waals surface area (Å²) in [6.45, 7) is 1.73. The Morgan fingerprint density at radius 3 is 2.33 bits per heavy atom. The van der Waals surface area contributed by atoms with Crippen molar-refractivity contribution in [3.63, 3.8) is 0 Å². The summed E-state index contributed by atoms with van der Waals surface area (Å²) in [4.78, 5) is 9.90. The lowest BCUT2D eigenvalue weighted by atomic mass is 10.2. The molecule has 0 aromatic heterocycles. The van der Waals surface area contributed by atoms with E-state index >= 15 is 0 Å². The second kappa shape index (κ2) is 4.90. The Morgan fingerprint density at radius 1 is 1.27 bits per heavy atom. The van der Waals surface area contributed by atoms with Crippen LogP contribution in [0, 0.1) is 6.92 Å². The van der Waals surface area contributed by atoms with Gasteiger partial charge in [0.05, 0.1) is 6.20 Å². The average Bonchev–Trinajstić information content (AvgIpc) is 2.64. The molecule has 0 fully saturated rings. The van der Waals surface area contributed by atoms with Gasteiger partial charge in [-0.3, -0.25) is 4.79 Å². The predicted octanol–water partition coefficient (Wildman–Crippen LogP) is 1.90. The summed E-state index contributed by atoms with van der Waals surface area (Å²) in [6, 6.07) is 4.42. The minimum atomic E-state index is -0.269. The van der Waals surface area contributed by atoms with Gasteiger partial charge in [0, 0.05) is 6.08 Å². The Labute approximate surface area is 86.4 Å². The van der Waals surface area contributed by atoms with Gasteiger partial charge < -0.3 is 10.2 Å². The third-order valence-corrected chi connectivity index (χ3v) is 1.62. The van der Waals surface area contributed by atoms with Crippen LogP contribution in [0.5, 0.6) is 11.5 Å². The summed E-state index contributed by atoms with van der Waals surface area (Å²) < 4.78 is 0. The van der Waals surface area contributed by atoms with Gasteiger partial charge in [-0.1, -0.05) is 0 Å². The maximum atomic E-state index is 9.90. The second-order valence-corrected chi connectivity index (χ2v) is 2.84. The van der Waals surface area contributed by atoms with E-state index in [9.17, 15) is 4.79 Å². The zero-order chi connectivity index (χ0) is 11.3. The lowest BCUT2D eigenvalue weighted by Crippen LogP contribution is -1.74. The van der Waals surface area contributed by atoms with E-state index in [1.54, 1.807) is 6.92 Å². The van der Waals surface area contributed by atoms with Gasteiger partial charge >= 0.3 is 0 Å². The SMILES string of the molecule is Cc1cc(O)ccc1O.O=C1C=CN=N1. The molecule has 0 aliphatic carbocycles. The molecule has 1 aliphatic heterocycles. The predicted molar refractivity (Wildman–Crippen MR) is 53.5 cm³/mol. The highest BCUT2D eigenvalue weighted by molar-refractivity contribution is 5.89.